The molecule has 0 saturated heterocycles. The van der Waals surface area contributed by atoms with Crippen LogP contribution >= 0.6 is 0 Å². The van der Waals surface area contributed by atoms with Gasteiger partial charge in [0.2, 0.25) is 0 Å². The molecule has 0 radical (unpaired) electrons. The van der Waals surface area contributed by atoms with E-state index in [1.807, 2.05) is 0 Å². The summed E-state index contributed by atoms with van der Waals surface area (Å²) in [4.78, 5) is 22.6. The fourth-order valence-electron chi connectivity index (χ4n) is 2.78. The molecular weight excluding hydrogens is 331 g/mol. The van der Waals surface area contributed by atoms with Gasteiger partial charge in [-0.05, 0) is 44.4 Å². The summed E-state index contributed by atoms with van der Waals surface area (Å²) in [6.45, 7) is 3.51. The zero-order valence-electron chi connectivity index (χ0n) is 13.9. The Morgan fingerprint density at radius 2 is 1.96 bits per heavy atom. The zero-order valence-corrected chi connectivity index (χ0v) is 13.9. The Balaban J connectivity index is 1.90. The van der Waals surface area contributed by atoms with Gasteiger partial charge in [0.1, 0.15) is 5.69 Å². The molecule has 0 N–H and O–H groups in total. The fourth-order valence-corrected chi connectivity index (χ4v) is 2.78. The third kappa shape index (κ3) is 3.81. The second-order valence-electron chi connectivity index (χ2n) is 6.29. The summed E-state index contributed by atoms with van der Waals surface area (Å²) in [6, 6.07) is 4.67. The lowest BCUT2D eigenvalue weighted by Gasteiger charge is -2.29. The predicted molar refractivity (Wildman–Crippen MR) is 85.8 cm³/mol. The highest BCUT2D eigenvalue weighted by molar-refractivity contribution is 5.92. The largest absolute Gasteiger partial charge is 0.416 e. The van der Waals surface area contributed by atoms with E-state index in [-0.39, 0.29) is 17.6 Å². The highest BCUT2D eigenvalue weighted by Gasteiger charge is 2.38. The summed E-state index contributed by atoms with van der Waals surface area (Å²) < 4.78 is 38.9. The number of alkyl halides is 3. The number of amides is 1. The number of aryl methyl sites for hydroxylation is 1. The van der Waals surface area contributed by atoms with Gasteiger partial charge in [0.25, 0.3) is 5.91 Å². The van der Waals surface area contributed by atoms with Crippen LogP contribution in [0.4, 0.5) is 13.2 Å². The number of aromatic nitrogens is 2. The standard InChI is InChI=1S/C18H18F3N3O/c1-11-9-23-16(10-22-11)17(25)24(15-6-7-15)12(2)13-4-3-5-14(8-13)18(19,20)21/h3-5,8-10,12,15H,6-7H2,1-2H3/t12-/m1/s1. The van der Waals surface area contributed by atoms with Crippen molar-refractivity contribution in [1.82, 2.24) is 14.9 Å². The second kappa shape index (κ2) is 6.46. The summed E-state index contributed by atoms with van der Waals surface area (Å²) >= 11 is 0. The van der Waals surface area contributed by atoms with Crippen molar-refractivity contribution >= 4 is 5.91 Å². The van der Waals surface area contributed by atoms with E-state index in [1.54, 1.807) is 24.8 Å². The monoisotopic (exact) mass is 349 g/mol. The number of halogens is 3. The van der Waals surface area contributed by atoms with Crippen molar-refractivity contribution in [2.24, 2.45) is 0 Å². The molecule has 0 bridgehead atoms. The van der Waals surface area contributed by atoms with E-state index in [9.17, 15) is 18.0 Å². The molecule has 3 rings (SSSR count). The van der Waals surface area contributed by atoms with Gasteiger partial charge in [0, 0.05) is 12.2 Å². The molecule has 2 aromatic rings. The van der Waals surface area contributed by atoms with E-state index in [4.69, 9.17) is 0 Å². The summed E-state index contributed by atoms with van der Waals surface area (Å²) in [5.41, 5.74) is 0.641. The summed E-state index contributed by atoms with van der Waals surface area (Å²) in [7, 11) is 0. The smallest absolute Gasteiger partial charge is 0.328 e. The van der Waals surface area contributed by atoms with Crippen LogP contribution in [0.2, 0.25) is 0 Å². The zero-order chi connectivity index (χ0) is 18.2. The maximum Gasteiger partial charge on any atom is 0.416 e. The minimum absolute atomic E-state index is 0.0279. The molecule has 1 aliphatic rings. The van der Waals surface area contributed by atoms with Crippen molar-refractivity contribution in [1.29, 1.82) is 0 Å². The minimum atomic E-state index is -4.41. The van der Waals surface area contributed by atoms with Gasteiger partial charge in [-0.1, -0.05) is 12.1 Å². The third-order valence-electron chi connectivity index (χ3n) is 4.29. The van der Waals surface area contributed by atoms with Crippen LogP contribution in [0, 0.1) is 6.92 Å². The first kappa shape index (κ1) is 17.4. The van der Waals surface area contributed by atoms with Gasteiger partial charge >= 0.3 is 6.18 Å². The Morgan fingerprint density at radius 3 is 2.52 bits per heavy atom. The molecule has 0 unspecified atom stereocenters. The highest BCUT2D eigenvalue weighted by Crippen LogP contribution is 2.37. The summed E-state index contributed by atoms with van der Waals surface area (Å²) in [5, 5.41) is 0. The average Bonchev–Trinajstić information content (AvgIpc) is 3.39. The first-order valence-electron chi connectivity index (χ1n) is 8.06. The lowest BCUT2D eigenvalue weighted by atomic mass is 10.0. The Bertz CT molecular complexity index is 770. The molecule has 7 heteroatoms. The molecule has 132 valence electrons. The molecular formula is C18H18F3N3O. The van der Waals surface area contributed by atoms with E-state index in [0.717, 1.165) is 25.0 Å². The number of rotatable bonds is 4. The van der Waals surface area contributed by atoms with Crippen molar-refractivity contribution in [3.63, 3.8) is 0 Å². The SMILES string of the molecule is Cc1cnc(C(=O)N(C2CC2)[C@H](C)c2cccc(C(F)(F)F)c2)cn1. The first-order chi connectivity index (χ1) is 11.8. The fraction of sp³-hybridized carbons (Fsp3) is 0.389. The topological polar surface area (TPSA) is 46.1 Å². The normalized spacial score (nSPS) is 15.7. The van der Waals surface area contributed by atoms with Crippen molar-refractivity contribution in [3.05, 3.63) is 59.2 Å². The maximum absolute atomic E-state index is 13.0. The van der Waals surface area contributed by atoms with Crippen molar-refractivity contribution in [2.45, 2.75) is 44.9 Å². The van der Waals surface area contributed by atoms with E-state index >= 15 is 0 Å². The van der Waals surface area contributed by atoms with Gasteiger partial charge in [-0.25, -0.2) is 4.98 Å². The Kier molecular flexibility index (Phi) is 4.49. The van der Waals surface area contributed by atoms with E-state index < -0.39 is 17.8 Å². The first-order valence-corrected chi connectivity index (χ1v) is 8.06. The van der Waals surface area contributed by atoms with Gasteiger partial charge in [-0.3, -0.25) is 9.78 Å². The van der Waals surface area contributed by atoms with Crippen molar-refractivity contribution in [3.8, 4) is 0 Å². The summed E-state index contributed by atoms with van der Waals surface area (Å²) in [5.74, 6) is -0.306. The Hall–Kier alpha value is -2.44. The van der Waals surface area contributed by atoms with E-state index in [2.05, 4.69) is 9.97 Å². The van der Waals surface area contributed by atoms with Crippen LogP contribution in [-0.2, 0) is 6.18 Å². The van der Waals surface area contributed by atoms with E-state index in [0.29, 0.717) is 11.3 Å². The predicted octanol–water partition coefficient (Wildman–Crippen LogP) is 4.17. The molecule has 0 spiro atoms. The van der Waals surface area contributed by atoms with Gasteiger partial charge in [0.05, 0.1) is 23.5 Å². The van der Waals surface area contributed by atoms with Gasteiger partial charge in [-0.15, -0.1) is 0 Å². The number of hydrogen-bond acceptors (Lipinski definition) is 3. The number of carbonyl (C=O) groups is 1. The molecule has 0 aliphatic heterocycles. The lowest BCUT2D eigenvalue weighted by Crippen LogP contribution is -2.36. The number of hydrogen-bond donors (Lipinski definition) is 0. The molecule has 1 amide bonds. The maximum atomic E-state index is 13.0. The number of nitrogens with zero attached hydrogens (tertiary/aromatic N) is 3. The van der Waals surface area contributed by atoms with Crippen LogP contribution < -0.4 is 0 Å². The van der Waals surface area contributed by atoms with Crippen molar-refractivity contribution < 1.29 is 18.0 Å². The Labute approximate surface area is 143 Å². The van der Waals surface area contributed by atoms with E-state index in [1.165, 1.54) is 18.5 Å². The van der Waals surface area contributed by atoms with Crippen LogP contribution in [0.25, 0.3) is 0 Å². The molecule has 1 aliphatic carbocycles. The molecule has 1 aromatic carbocycles. The molecule has 1 saturated carbocycles. The molecule has 25 heavy (non-hydrogen) atoms. The van der Waals surface area contributed by atoms with Crippen LogP contribution in [0.5, 0.6) is 0 Å². The second-order valence-corrected chi connectivity index (χ2v) is 6.29. The minimum Gasteiger partial charge on any atom is -0.328 e. The molecule has 1 atom stereocenters. The van der Waals surface area contributed by atoms with Crippen LogP contribution in [0.1, 0.15) is 53.1 Å². The van der Waals surface area contributed by atoms with Crippen molar-refractivity contribution in [2.75, 3.05) is 0 Å². The molecule has 1 aromatic heterocycles. The van der Waals surface area contributed by atoms with Gasteiger partial charge < -0.3 is 4.90 Å². The quantitative estimate of drug-likeness (QED) is 0.832. The molecule has 4 nitrogen and oxygen atoms in total. The molecule has 1 fully saturated rings. The van der Waals surface area contributed by atoms with Gasteiger partial charge in [0.15, 0.2) is 0 Å². The van der Waals surface area contributed by atoms with Crippen LogP contribution in [0.3, 0.4) is 0 Å². The van der Waals surface area contributed by atoms with Crippen LogP contribution in [0.15, 0.2) is 36.7 Å². The Morgan fingerprint density at radius 1 is 1.24 bits per heavy atom. The van der Waals surface area contributed by atoms with Crippen LogP contribution in [-0.4, -0.2) is 26.8 Å². The van der Waals surface area contributed by atoms with Gasteiger partial charge in [-0.2, -0.15) is 13.2 Å². The average molecular weight is 349 g/mol. The lowest BCUT2D eigenvalue weighted by molar-refractivity contribution is -0.137. The highest BCUT2D eigenvalue weighted by atomic mass is 19.4. The number of benzene rings is 1. The summed E-state index contributed by atoms with van der Waals surface area (Å²) in [6.07, 6.45) is 0.189. The number of carbonyl (C=O) groups excluding carboxylic acids is 1. The molecule has 1 heterocycles. The third-order valence-corrected chi connectivity index (χ3v) is 4.29.